The summed E-state index contributed by atoms with van der Waals surface area (Å²) in [6.07, 6.45) is 1.25. The van der Waals surface area contributed by atoms with Gasteiger partial charge < -0.3 is 5.11 Å². The molecule has 86 valence electrons. The Labute approximate surface area is 95.7 Å². The fourth-order valence-electron chi connectivity index (χ4n) is 2.28. The number of benzene rings is 1. The third kappa shape index (κ3) is 2.42. The summed E-state index contributed by atoms with van der Waals surface area (Å²) in [5, 5.41) is 8.78. The summed E-state index contributed by atoms with van der Waals surface area (Å²) in [7, 11) is 0. The second kappa shape index (κ2) is 4.66. The highest BCUT2D eigenvalue weighted by Gasteiger charge is 2.21. The van der Waals surface area contributed by atoms with Gasteiger partial charge in [-0.25, -0.2) is 0 Å². The molecule has 1 aromatic carbocycles. The second-order valence-corrected chi connectivity index (χ2v) is 4.44. The number of hydrogen-bond acceptors (Lipinski definition) is 2. The third-order valence-electron chi connectivity index (χ3n) is 3.25. The number of carboxylic acids is 1. The Morgan fingerprint density at radius 2 is 2.12 bits per heavy atom. The topological polar surface area (TPSA) is 40.5 Å². The molecular weight excluding hydrogens is 202 g/mol. The molecule has 0 unspecified atom stereocenters. The molecule has 0 aliphatic carbocycles. The molecule has 1 aromatic rings. The molecule has 0 radical (unpaired) electrons. The first kappa shape index (κ1) is 11.1. The van der Waals surface area contributed by atoms with Gasteiger partial charge in [-0.3, -0.25) is 9.69 Å². The van der Waals surface area contributed by atoms with Crippen LogP contribution in [-0.4, -0.2) is 28.6 Å². The van der Waals surface area contributed by atoms with E-state index in [9.17, 15) is 4.79 Å². The average Bonchev–Trinajstić information content (AvgIpc) is 2.27. The van der Waals surface area contributed by atoms with Gasteiger partial charge in [0.25, 0.3) is 0 Å². The van der Waals surface area contributed by atoms with Crippen molar-refractivity contribution in [2.45, 2.75) is 32.4 Å². The van der Waals surface area contributed by atoms with Gasteiger partial charge in [0.05, 0.1) is 6.42 Å². The van der Waals surface area contributed by atoms with Gasteiger partial charge in [-0.05, 0) is 24.5 Å². The quantitative estimate of drug-likeness (QED) is 0.844. The van der Waals surface area contributed by atoms with Crippen LogP contribution in [0, 0.1) is 0 Å². The fourth-order valence-corrected chi connectivity index (χ4v) is 2.28. The molecule has 3 heteroatoms. The van der Waals surface area contributed by atoms with Gasteiger partial charge in [-0.1, -0.05) is 24.3 Å². The number of rotatable bonds is 3. The maximum Gasteiger partial charge on any atom is 0.304 e. The first-order valence-corrected chi connectivity index (χ1v) is 5.69. The molecule has 0 saturated carbocycles. The normalized spacial score (nSPS) is 17.8. The minimum atomic E-state index is -0.716. The van der Waals surface area contributed by atoms with Crippen LogP contribution >= 0.6 is 0 Å². The van der Waals surface area contributed by atoms with E-state index in [0.29, 0.717) is 0 Å². The zero-order chi connectivity index (χ0) is 11.5. The molecule has 0 aromatic heterocycles. The van der Waals surface area contributed by atoms with E-state index in [1.807, 2.05) is 13.0 Å². The first-order chi connectivity index (χ1) is 7.66. The molecule has 1 N–H and O–H groups in total. The zero-order valence-corrected chi connectivity index (χ0v) is 9.52. The van der Waals surface area contributed by atoms with Crippen molar-refractivity contribution in [2.75, 3.05) is 6.54 Å². The lowest BCUT2D eigenvalue weighted by Gasteiger charge is -2.33. The van der Waals surface area contributed by atoms with Crippen LogP contribution in [0.5, 0.6) is 0 Å². The maximum atomic E-state index is 10.7. The zero-order valence-electron chi connectivity index (χ0n) is 9.52. The molecule has 0 amide bonds. The Morgan fingerprint density at radius 3 is 2.81 bits per heavy atom. The van der Waals surface area contributed by atoms with Crippen molar-refractivity contribution in [1.29, 1.82) is 0 Å². The van der Waals surface area contributed by atoms with Crippen molar-refractivity contribution >= 4 is 5.97 Å². The van der Waals surface area contributed by atoms with Crippen LogP contribution < -0.4 is 0 Å². The molecule has 0 bridgehead atoms. The van der Waals surface area contributed by atoms with Gasteiger partial charge >= 0.3 is 5.97 Å². The highest BCUT2D eigenvalue weighted by atomic mass is 16.4. The van der Waals surface area contributed by atoms with Crippen molar-refractivity contribution in [3.05, 3.63) is 35.4 Å². The lowest BCUT2D eigenvalue weighted by molar-refractivity contribution is -0.138. The average molecular weight is 219 g/mol. The Hall–Kier alpha value is -1.35. The lowest BCUT2D eigenvalue weighted by atomic mass is 9.98. The van der Waals surface area contributed by atoms with Crippen LogP contribution in [0.1, 0.15) is 24.5 Å². The molecule has 0 spiro atoms. The minimum absolute atomic E-state index is 0.117. The highest BCUT2D eigenvalue weighted by Crippen LogP contribution is 2.20. The van der Waals surface area contributed by atoms with E-state index in [0.717, 1.165) is 19.5 Å². The Morgan fingerprint density at radius 1 is 1.44 bits per heavy atom. The van der Waals surface area contributed by atoms with Crippen LogP contribution in [0.2, 0.25) is 0 Å². The Balaban J connectivity index is 2.05. The van der Waals surface area contributed by atoms with Crippen LogP contribution in [-0.2, 0) is 17.8 Å². The summed E-state index contributed by atoms with van der Waals surface area (Å²) < 4.78 is 0. The summed E-state index contributed by atoms with van der Waals surface area (Å²) in [5.41, 5.74) is 2.74. The molecule has 3 nitrogen and oxygen atoms in total. The molecule has 0 fully saturated rings. The molecule has 1 aliphatic heterocycles. The van der Waals surface area contributed by atoms with Crippen molar-refractivity contribution < 1.29 is 9.90 Å². The molecule has 2 rings (SSSR count). The summed E-state index contributed by atoms with van der Waals surface area (Å²) in [6.45, 7) is 3.83. The predicted molar refractivity (Wildman–Crippen MR) is 62.3 cm³/mol. The van der Waals surface area contributed by atoms with Crippen molar-refractivity contribution in [2.24, 2.45) is 0 Å². The smallest absolute Gasteiger partial charge is 0.304 e. The summed E-state index contributed by atoms with van der Waals surface area (Å²) >= 11 is 0. The van der Waals surface area contributed by atoms with Gasteiger partial charge in [0.15, 0.2) is 0 Å². The van der Waals surface area contributed by atoms with Gasteiger partial charge in [-0.2, -0.15) is 0 Å². The summed E-state index contributed by atoms with van der Waals surface area (Å²) in [5.74, 6) is -0.716. The number of nitrogens with zero attached hydrogens (tertiary/aromatic N) is 1. The second-order valence-electron chi connectivity index (χ2n) is 4.44. The largest absolute Gasteiger partial charge is 0.481 e. The van der Waals surface area contributed by atoms with Crippen LogP contribution in [0.25, 0.3) is 0 Å². The lowest BCUT2D eigenvalue weighted by Crippen LogP contribution is -2.38. The highest BCUT2D eigenvalue weighted by molar-refractivity contribution is 5.67. The molecule has 1 heterocycles. The van der Waals surface area contributed by atoms with Crippen molar-refractivity contribution in [3.8, 4) is 0 Å². The van der Waals surface area contributed by atoms with Crippen molar-refractivity contribution in [1.82, 2.24) is 4.90 Å². The van der Waals surface area contributed by atoms with E-state index in [4.69, 9.17) is 5.11 Å². The number of carbonyl (C=O) groups is 1. The molecular formula is C13H17NO2. The number of fused-ring (bicyclic) bond motifs is 1. The first-order valence-electron chi connectivity index (χ1n) is 5.69. The van der Waals surface area contributed by atoms with Crippen LogP contribution in [0.15, 0.2) is 24.3 Å². The van der Waals surface area contributed by atoms with Gasteiger partial charge in [-0.15, -0.1) is 0 Å². The standard InChI is InChI=1S/C13H17NO2/c1-10(8-13(15)16)14-7-6-11-4-2-3-5-12(11)9-14/h2-5,10H,6-9H2,1H3,(H,15,16)/t10-/m0/s1. The molecule has 0 saturated heterocycles. The Kier molecular flexibility index (Phi) is 3.25. The van der Waals surface area contributed by atoms with E-state index in [-0.39, 0.29) is 12.5 Å². The van der Waals surface area contributed by atoms with Gasteiger partial charge in [0.2, 0.25) is 0 Å². The van der Waals surface area contributed by atoms with Gasteiger partial charge in [0.1, 0.15) is 0 Å². The molecule has 1 aliphatic rings. The van der Waals surface area contributed by atoms with E-state index < -0.39 is 5.97 Å². The summed E-state index contributed by atoms with van der Waals surface area (Å²) in [4.78, 5) is 12.9. The van der Waals surface area contributed by atoms with Crippen LogP contribution in [0.3, 0.4) is 0 Å². The monoisotopic (exact) mass is 219 g/mol. The molecule has 16 heavy (non-hydrogen) atoms. The number of carboxylic acid groups (broad SMARTS) is 1. The van der Waals surface area contributed by atoms with E-state index in [2.05, 4.69) is 23.1 Å². The number of hydrogen-bond donors (Lipinski definition) is 1. The minimum Gasteiger partial charge on any atom is -0.481 e. The van der Waals surface area contributed by atoms with E-state index in [1.54, 1.807) is 0 Å². The SMILES string of the molecule is C[C@@H](CC(=O)O)N1CCc2ccccc2C1. The van der Waals surface area contributed by atoms with Gasteiger partial charge in [0, 0.05) is 19.1 Å². The van der Waals surface area contributed by atoms with Crippen LogP contribution in [0.4, 0.5) is 0 Å². The summed E-state index contributed by atoms with van der Waals surface area (Å²) in [6, 6.07) is 8.52. The fraction of sp³-hybridized carbons (Fsp3) is 0.462. The Bertz CT molecular complexity index is 389. The van der Waals surface area contributed by atoms with Crippen molar-refractivity contribution in [3.63, 3.8) is 0 Å². The predicted octanol–water partition coefficient (Wildman–Crippen LogP) is 1.91. The van der Waals surface area contributed by atoms with E-state index in [1.165, 1.54) is 11.1 Å². The maximum absolute atomic E-state index is 10.7. The third-order valence-corrected chi connectivity index (χ3v) is 3.25. The molecule has 1 atom stereocenters. The number of aliphatic carboxylic acids is 1. The van der Waals surface area contributed by atoms with E-state index >= 15 is 0 Å².